The van der Waals surface area contributed by atoms with Gasteiger partial charge in [-0.05, 0) is 31.8 Å². The Morgan fingerprint density at radius 1 is 1.14 bits per heavy atom. The molecule has 0 saturated heterocycles. The Kier molecular flexibility index (Phi) is 5.60. The molecule has 120 valence electrons. The molecule has 0 bridgehead atoms. The zero-order valence-corrected chi connectivity index (χ0v) is 12.8. The zero-order chi connectivity index (χ0) is 15.9. The van der Waals surface area contributed by atoms with Crippen molar-refractivity contribution in [3.8, 4) is 11.5 Å². The predicted octanol–water partition coefficient (Wildman–Crippen LogP) is 0.0994. The summed E-state index contributed by atoms with van der Waals surface area (Å²) in [5.41, 5.74) is 0.894. The molecule has 7 heteroatoms. The Hall–Kier alpha value is -2.28. The van der Waals surface area contributed by atoms with Crippen LogP contribution >= 0.6 is 0 Å². The summed E-state index contributed by atoms with van der Waals surface area (Å²) in [6.45, 7) is 1.84. The third kappa shape index (κ3) is 4.92. The smallest absolute Gasteiger partial charge is 0.231 e. The molecule has 2 rings (SSSR count). The summed E-state index contributed by atoms with van der Waals surface area (Å²) in [6, 6.07) is 5.47. The average molecular weight is 307 g/mol. The van der Waals surface area contributed by atoms with Crippen LogP contribution in [0.5, 0.6) is 11.5 Å². The molecule has 0 aliphatic carbocycles. The normalized spacial score (nSPS) is 12.3. The summed E-state index contributed by atoms with van der Waals surface area (Å²) in [6.07, 6.45) is -0.169. The van der Waals surface area contributed by atoms with Crippen LogP contribution in [-0.4, -0.2) is 50.7 Å². The van der Waals surface area contributed by atoms with Gasteiger partial charge < -0.3 is 25.0 Å². The van der Waals surface area contributed by atoms with E-state index in [0.29, 0.717) is 24.6 Å². The first-order valence-corrected chi connectivity index (χ1v) is 7.11. The van der Waals surface area contributed by atoms with Crippen LogP contribution in [0.4, 0.5) is 0 Å². The predicted molar refractivity (Wildman–Crippen MR) is 80.6 cm³/mol. The molecule has 1 aliphatic rings. The molecule has 2 amide bonds. The lowest BCUT2D eigenvalue weighted by Crippen LogP contribution is -2.35. The number of fused-ring (bicyclic) bond motifs is 1. The van der Waals surface area contributed by atoms with E-state index < -0.39 is 0 Å². The highest BCUT2D eigenvalue weighted by atomic mass is 16.7. The van der Waals surface area contributed by atoms with E-state index in [1.807, 2.05) is 31.1 Å². The number of likely N-dealkylation sites (N-methyl/N-ethyl adjacent to an activating group) is 1. The van der Waals surface area contributed by atoms with Crippen molar-refractivity contribution in [1.29, 1.82) is 0 Å². The van der Waals surface area contributed by atoms with Crippen LogP contribution in [0.2, 0.25) is 0 Å². The number of ether oxygens (including phenoxy) is 2. The molecule has 0 saturated carbocycles. The minimum atomic E-state index is -0.306. The van der Waals surface area contributed by atoms with Crippen LogP contribution in [0.3, 0.4) is 0 Å². The standard InChI is InChI=1S/C15H21N3O4/c1-18(2)6-5-16-14(19)8-15(20)17-9-11-3-4-12-13(7-11)22-10-21-12/h3-4,7H,5-6,8-10H2,1-2H3,(H,16,19)(H,17,20). The van der Waals surface area contributed by atoms with Crippen LogP contribution in [0.25, 0.3) is 0 Å². The number of carbonyl (C=O) groups excluding carboxylic acids is 2. The van der Waals surface area contributed by atoms with Gasteiger partial charge in [-0.25, -0.2) is 0 Å². The number of nitrogens with one attached hydrogen (secondary N) is 2. The van der Waals surface area contributed by atoms with Gasteiger partial charge in [-0.2, -0.15) is 0 Å². The van der Waals surface area contributed by atoms with Crippen molar-refractivity contribution in [1.82, 2.24) is 15.5 Å². The summed E-state index contributed by atoms with van der Waals surface area (Å²) in [4.78, 5) is 25.3. The van der Waals surface area contributed by atoms with Crippen LogP contribution in [0.1, 0.15) is 12.0 Å². The molecule has 1 aromatic carbocycles. The molecule has 0 unspecified atom stereocenters. The third-order valence-electron chi connectivity index (χ3n) is 3.13. The van der Waals surface area contributed by atoms with Gasteiger partial charge in [0.05, 0.1) is 0 Å². The Morgan fingerprint density at radius 2 is 1.86 bits per heavy atom. The van der Waals surface area contributed by atoms with E-state index in [2.05, 4.69) is 10.6 Å². The van der Waals surface area contributed by atoms with Gasteiger partial charge >= 0.3 is 0 Å². The fourth-order valence-electron chi connectivity index (χ4n) is 1.94. The quantitative estimate of drug-likeness (QED) is 0.699. The van der Waals surface area contributed by atoms with Crippen molar-refractivity contribution in [2.24, 2.45) is 0 Å². The number of benzene rings is 1. The molecule has 0 aromatic heterocycles. The van der Waals surface area contributed by atoms with Gasteiger partial charge in [-0.15, -0.1) is 0 Å². The summed E-state index contributed by atoms with van der Waals surface area (Å²) in [7, 11) is 3.84. The lowest BCUT2D eigenvalue weighted by atomic mass is 10.2. The molecule has 0 fully saturated rings. The molecule has 2 N–H and O–H groups in total. The first-order chi connectivity index (χ1) is 10.5. The third-order valence-corrected chi connectivity index (χ3v) is 3.13. The summed E-state index contributed by atoms with van der Waals surface area (Å²) in [5, 5.41) is 5.41. The van der Waals surface area contributed by atoms with E-state index in [0.717, 1.165) is 12.1 Å². The molecule has 0 radical (unpaired) electrons. The highest BCUT2D eigenvalue weighted by Crippen LogP contribution is 2.32. The molecular weight excluding hydrogens is 286 g/mol. The second-order valence-electron chi connectivity index (χ2n) is 5.29. The number of amides is 2. The highest BCUT2D eigenvalue weighted by Gasteiger charge is 2.14. The van der Waals surface area contributed by atoms with Gasteiger partial charge in [-0.3, -0.25) is 9.59 Å². The van der Waals surface area contributed by atoms with E-state index in [4.69, 9.17) is 9.47 Å². The van der Waals surface area contributed by atoms with E-state index in [9.17, 15) is 9.59 Å². The molecule has 1 aliphatic heterocycles. The lowest BCUT2D eigenvalue weighted by Gasteiger charge is -2.10. The Labute approximate surface area is 129 Å². The molecular formula is C15H21N3O4. The molecule has 22 heavy (non-hydrogen) atoms. The second-order valence-corrected chi connectivity index (χ2v) is 5.29. The van der Waals surface area contributed by atoms with E-state index >= 15 is 0 Å². The molecule has 0 atom stereocenters. The maximum atomic E-state index is 11.7. The largest absolute Gasteiger partial charge is 0.454 e. The molecule has 0 spiro atoms. The van der Waals surface area contributed by atoms with Crippen molar-refractivity contribution in [2.45, 2.75) is 13.0 Å². The summed E-state index contributed by atoms with van der Waals surface area (Å²) < 4.78 is 10.5. The summed E-state index contributed by atoms with van der Waals surface area (Å²) >= 11 is 0. The Bertz CT molecular complexity index is 546. The SMILES string of the molecule is CN(C)CCNC(=O)CC(=O)NCc1ccc2c(c1)OCO2. The number of rotatable bonds is 7. The maximum absolute atomic E-state index is 11.7. The monoisotopic (exact) mass is 307 g/mol. The van der Waals surface area contributed by atoms with E-state index in [-0.39, 0.29) is 25.0 Å². The lowest BCUT2D eigenvalue weighted by molar-refractivity contribution is -0.129. The number of carbonyl (C=O) groups is 2. The van der Waals surface area contributed by atoms with Gasteiger partial charge in [0.2, 0.25) is 18.6 Å². The van der Waals surface area contributed by atoms with Crippen LogP contribution in [0.15, 0.2) is 18.2 Å². The minimum Gasteiger partial charge on any atom is -0.454 e. The average Bonchev–Trinajstić information content (AvgIpc) is 2.92. The zero-order valence-electron chi connectivity index (χ0n) is 12.8. The van der Waals surface area contributed by atoms with Gasteiger partial charge in [0.1, 0.15) is 6.42 Å². The van der Waals surface area contributed by atoms with Crippen molar-refractivity contribution in [3.63, 3.8) is 0 Å². The Balaban J connectivity index is 1.70. The van der Waals surface area contributed by atoms with E-state index in [1.54, 1.807) is 6.07 Å². The molecule has 1 heterocycles. The summed E-state index contributed by atoms with van der Waals surface area (Å²) in [5.74, 6) is 0.800. The van der Waals surface area contributed by atoms with Crippen molar-refractivity contribution in [3.05, 3.63) is 23.8 Å². The van der Waals surface area contributed by atoms with Gasteiger partial charge in [0.25, 0.3) is 0 Å². The number of hydrogen-bond acceptors (Lipinski definition) is 5. The topological polar surface area (TPSA) is 79.9 Å². The fourth-order valence-corrected chi connectivity index (χ4v) is 1.94. The van der Waals surface area contributed by atoms with Gasteiger partial charge in [0, 0.05) is 19.6 Å². The Morgan fingerprint density at radius 3 is 2.64 bits per heavy atom. The molecule has 1 aromatic rings. The van der Waals surface area contributed by atoms with Crippen LogP contribution < -0.4 is 20.1 Å². The maximum Gasteiger partial charge on any atom is 0.231 e. The van der Waals surface area contributed by atoms with Gasteiger partial charge in [-0.1, -0.05) is 6.07 Å². The van der Waals surface area contributed by atoms with Crippen molar-refractivity contribution < 1.29 is 19.1 Å². The van der Waals surface area contributed by atoms with Crippen molar-refractivity contribution >= 4 is 11.8 Å². The van der Waals surface area contributed by atoms with Crippen molar-refractivity contribution in [2.75, 3.05) is 34.0 Å². The number of hydrogen-bond donors (Lipinski definition) is 2. The van der Waals surface area contributed by atoms with E-state index in [1.165, 1.54) is 0 Å². The molecule has 7 nitrogen and oxygen atoms in total. The van der Waals surface area contributed by atoms with Crippen LogP contribution in [-0.2, 0) is 16.1 Å². The van der Waals surface area contributed by atoms with Crippen LogP contribution in [0, 0.1) is 0 Å². The first-order valence-electron chi connectivity index (χ1n) is 7.11. The number of nitrogens with zero attached hydrogens (tertiary/aromatic N) is 1. The second kappa shape index (κ2) is 7.65. The minimum absolute atomic E-state index is 0.169. The fraction of sp³-hybridized carbons (Fsp3) is 0.467. The van der Waals surface area contributed by atoms with Gasteiger partial charge in [0.15, 0.2) is 11.5 Å². The highest BCUT2D eigenvalue weighted by molar-refractivity contribution is 5.96. The first kappa shape index (κ1) is 16.1.